The second-order valence-electron chi connectivity index (χ2n) is 3.14. The number of thiocarbonyl (C=S) groups is 1. The highest BCUT2D eigenvalue weighted by atomic mass is 32.1. The lowest BCUT2D eigenvalue weighted by Crippen LogP contribution is -2.09. The zero-order valence-corrected chi connectivity index (χ0v) is 9.34. The van der Waals surface area contributed by atoms with Crippen molar-refractivity contribution in [3.8, 4) is 0 Å². The first kappa shape index (κ1) is 11.7. The first-order valence-corrected chi connectivity index (χ1v) is 5.00. The molecule has 0 aromatic heterocycles. The van der Waals surface area contributed by atoms with E-state index >= 15 is 0 Å². The van der Waals surface area contributed by atoms with Gasteiger partial charge in [0, 0.05) is 12.0 Å². The first-order valence-electron chi connectivity index (χ1n) is 4.59. The van der Waals surface area contributed by atoms with E-state index in [1.807, 2.05) is 24.3 Å². The number of benzene rings is 1. The Hall–Kier alpha value is -1.42. The molecule has 3 nitrogen and oxygen atoms in total. The van der Waals surface area contributed by atoms with Gasteiger partial charge >= 0.3 is 5.97 Å². The van der Waals surface area contributed by atoms with Crippen LogP contribution in [0.25, 0.3) is 0 Å². The Bertz CT molecular complexity index is 377. The average molecular weight is 223 g/mol. The van der Waals surface area contributed by atoms with Crippen LogP contribution in [0.3, 0.4) is 0 Å². The predicted molar refractivity (Wildman–Crippen MR) is 62.7 cm³/mol. The van der Waals surface area contributed by atoms with Crippen LogP contribution in [-0.4, -0.2) is 18.1 Å². The second-order valence-corrected chi connectivity index (χ2v) is 3.58. The summed E-state index contributed by atoms with van der Waals surface area (Å²) in [4.78, 5) is 11.3. The fourth-order valence-corrected chi connectivity index (χ4v) is 1.36. The minimum absolute atomic E-state index is 0.212. The normalized spacial score (nSPS) is 9.67. The zero-order chi connectivity index (χ0) is 11.3. The largest absolute Gasteiger partial charge is 0.469 e. The van der Waals surface area contributed by atoms with Gasteiger partial charge in [-0.3, -0.25) is 4.79 Å². The van der Waals surface area contributed by atoms with Crippen LogP contribution in [-0.2, 0) is 16.0 Å². The number of methoxy groups -OCH3 is 1. The molecule has 1 aromatic rings. The number of hydrogen-bond donors (Lipinski definition) is 1. The number of carbonyl (C=O) groups is 1. The van der Waals surface area contributed by atoms with Crippen molar-refractivity contribution in [2.24, 2.45) is 5.73 Å². The molecule has 0 saturated heterocycles. The fraction of sp³-hybridized carbons (Fsp3) is 0.273. The van der Waals surface area contributed by atoms with E-state index in [0.717, 1.165) is 11.1 Å². The molecule has 0 fully saturated rings. The molecule has 0 aliphatic heterocycles. The molecular weight excluding hydrogens is 210 g/mol. The summed E-state index contributed by atoms with van der Waals surface area (Å²) in [5.74, 6) is -0.212. The van der Waals surface area contributed by atoms with E-state index < -0.39 is 0 Å². The maximum atomic E-state index is 10.9. The Morgan fingerprint density at radius 1 is 1.53 bits per heavy atom. The molecule has 2 N–H and O–H groups in total. The molecule has 0 aliphatic carbocycles. The Balaban J connectivity index is 2.66. The third kappa shape index (κ3) is 3.67. The number of rotatable bonds is 4. The number of esters is 1. The molecule has 0 aliphatic rings. The first-order chi connectivity index (χ1) is 7.13. The topological polar surface area (TPSA) is 52.3 Å². The summed E-state index contributed by atoms with van der Waals surface area (Å²) in [6, 6.07) is 7.56. The summed E-state index contributed by atoms with van der Waals surface area (Å²) in [5, 5.41) is 0. The third-order valence-corrected chi connectivity index (χ3v) is 2.29. The molecule has 0 atom stereocenters. The van der Waals surface area contributed by atoms with Gasteiger partial charge < -0.3 is 10.5 Å². The number of hydrogen-bond acceptors (Lipinski definition) is 3. The van der Waals surface area contributed by atoms with Gasteiger partial charge in [-0.1, -0.05) is 30.4 Å². The lowest BCUT2D eigenvalue weighted by Gasteiger charge is -2.03. The lowest BCUT2D eigenvalue weighted by molar-refractivity contribution is -0.140. The van der Waals surface area contributed by atoms with E-state index in [-0.39, 0.29) is 5.97 Å². The summed E-state index contributed by atoms with van der Waals surface area (Å²) < 4.78 is 4.56. The molecule has 0 heterocycles. The lowest BCUT2D eigenvalue weighted by atomic mass is 10.1. The summed E-state index contributed by atoms with van der Waals surface area (Å²) in [5.41, 5.74) is 7.36. The van der Waals surface area contributed by atoms with Crippen molar-refractivity contribution < 1.29 is 9.53 Å². The van der Waals surface area contributed by atoms with E-state index in [2.05, 4.69) is 4.74 Å². The number of carbonyl (C=O) groups excluding carboxylic acids is 1. The van der Waals surface area contributed by atoms with Crippen LogP contribution in [0.15, 0.2) is 24.3 Å². The number of nitrogens with two attached hydrogens (primary N) is 1. The van der Waals surface area contributed by atoms with Crippen LogP contribution in [0.4, 0.5) is 0 Å². The average Bonchev–Trinajstić information content (AvgIpc) is 2.26. The maximum absolute atomic E-state index is 10.9. The van der Waals surface area contributed by atoms with Gasteiger partial charge in [-0.25, -0.2) is 0 Å². The van der Waals surface area contributed by atoms with Crippen LogP contribution < -0.4 is 5.73 Å². The molecule has 0 spiro atoms. The summed E-state index contributed by atoms with van der Waals surface area (Å²) in [6.07, 6.45) is 1.01. The summed E-state index contributed by atoms with van der Waals surface area (Å²) >= 11 is 4.87. The van der Waals surface area contributed by atoms with Crippen LogP contribution >= 0.6 is 12.2 Å². The molecule has 0 amide bonds. The van der Waals surface area contributed by atoms with Gasteiger partial charge in [-0.05, 0) is 18.1 Å². The van der Waals surface area contributed by atoms with Gasteiger partial charge in [-0.15, -0.1) is 0 Å². The molecular formula is C11H13NO2S. The van der Waals surface area contributed by atoms with Gasteiger partial charge in [0.15, 0.2) is 0 Å². The highest BCUT2D eigenvalue weighted by Crippen LogP contribution is 2.08. The van der Waals surface area contributed by atoms with Crippen molar-refractivity contribution in [2.75, 3.05) is 7.11 Å². The van der Waals surface area contributed by atoms with E-state index in [9.17, 15) is 4.79 Å². The molecule has 0 radical (unpaired) electrons. The molecule has 0 unspecified atom stereocenters. The fourth-order valence-electron chi connectivity index (χ4n) is 1.23. The van der Waals surface area contributed by atoms with Crippen LogP contribution in [0.2, 0.25) is 0 Å². The highest BCUT2D eigenvalue weighted by Gasteiger charge is 2.02. The van der Waals surface area contributed by atoms with Gasteiger partial charge in [0.25, 0.3) is 0 Å². The van der Waals surface area contributed by atoms with Crippen molar-refractivity contribution in [1.29, 1.82) is 0 Å². The van der Waals surface area contributed by atoms with Crippen molar-refractivity contribution in [3.63, 3.8) is 0 Å². The molecule has 1 rings (SSSR count). The molecule has 0 bridgehead atoms. The quantitative estimate of drug-likeness (QED) is 0.619. The predicted octanol–water partition coefficient (Wildman–Crippen LogP) is 1.43. The van der Waals surface area contributed by atoms with E-state index in [0.29, 0.717) is 17.8 Å². The molecule has 4 heteroatoms. The Labute approximate surface area is 94.2 Å². The summed E-state index contributed by atoms with van der Waals surface area (Å²) in [6.45, 7) is 0. The smallest absolute Gasteiger partial charge is 0.305 e. The van der Waals surface area contributed by atoms with Crippen molar-refractivity contribution in [2.45, 2.75) is 12.8 Å². The van der Waals surface area contributed by atoms with E-state index in [1.165, 1.54) is 7.11 Å². The highest BCUT2D eigenvalue weighted by molar-refractivity contribution is 7.80. The van der Waals surface area contributed by atoms with Crippen molar-refractivity contribution in [3.05, 3.63) is 35.4 Å². The Morgan fingerprint density at radius 2 is 2.27 bits per heavy atom. The standard InChI is InChI=1S/C11H13NO2S/c1-14-10(13)6-5-8-3-2-4-9(7-8)11(12)15/h2-4,7H,5-6H2,1H3,(H2,12,15). The van der Waals surface area contributed by atoms with Gasteiger partial charge in [0.1, 0.15) is 4.99 Å². The molecule has 15 heavy (non-hydrogen) atoms. The number of aryl methyl sites for hydroxylation is 1. The Kier molecular flexibility index (Phi) is 4.24. The van der Waals surface area contributed by atoms with Crippen LogP contribution in [0, 0.1) is 0 Å². The maximum Gasteiger partial charge on any atom is 0.305 e. The monoisotopic (exact) mass is 223 g/mol. The van der Waals surface area contributed by atoms with Crippen molar-refractivity contribution in [1.82, 2.24) is 0 Å². The van der Waals surface area contributed by atoms with Crippen LogP contribution in [0.5, 0.6) is 0 Å². The van der Waals surface area contributed by atoms with E-state index in [1.54, 1.807) is 0 Å². The molecule has 0 saturated carbocycles. The van der Waals surface area contributed by atoms with Gasteiger partial charge in [0.05, 0.1) is 7.11 Å². The SMILES string of the molecule is COC(=O)CCc1cccc(C(N)=S)c1. The Morgan fingerprint density at radius 3 is 2.87 bits per heavy atom. The van der Waals surface area contributed by atoms with Crippen molar-refractivity contribution >= 4 is 23.2 Å². The third-order valence-electron chi connectivity index (χ3n) is 2.06. The van der Waals surface area contributed by atoms with Crippen LogP contribution in [0.1, 0.15) is 17.5 Å². The zero-order valence-electron chi connectivity index (χ0n) is 8.53. The molecule has 80 valence electrons. The minimum Gasteiger partial charge on any atom is -0.469 e. The second kappa shape index (κ2) is 5.46. The number of ether oxygens (including phenoxy) is 1. The van der Waals surface area contributed by atoms with E-state index in [4.69, 9.17) is 18.0 Å². The minimum atomic E-state index is -0.212. The van der Waals surface area contributed by atoms with Gasteiger partial charge in [0.2, 0.25) is 0 Å². The molecule has 1 aromatic carbocycles. The van der Waals surface area contributed by atoms with Gasteiger partial charge in [-0.2, -0.15) is 0 Å². The summed E-state index contributed by atoms with van der Waals surface area (Å²) in [7, 11) is 1.38.